The number of nitrogens with one attached hydrogen (secondary N) is 1. The Kier molecular flexibility index (Phi) is 8.26. The number of aromatic carboxylic acids is 1. The maximum absolute atomic E-state index is 12.2. The third-order valence-corrected chi connectivity index (χ3v) is 7.95. The summed E-state index contributed by atoms with van der Waals surface area (Å²) in [6, 6.07) is 0. The Morgan fingerprint density at radius 1 is 1.12 bits per heavy atom. The Hall–Kier alpha value is -1.60. The molecular weight excluding hydrogens is 541 g/mol. The van der Waals surface area contributed by atoms with Crippen molar-refractivity contribution < 1.29 is 76.4 Å². The normalized spacial score (nSPS) is 28.9. The molecule has 1 aliphatic rings. The Morgan fingerprint density at radius 2 is 1.71 bits per heavy atom. The minimum atomic E-state index is -5.86. The maximum Gasteiger partial charge on any atom is 0.490 e. The molecule has 9 N–H and O–H groups in total. The standard InChI is InChI=1S/C11H17N2O18P3/c14-3-11(13-1-4(9(18)19)8(17)12-10(13)20)7(16)6(15)5(29-11)2-28-33(24,25)31-34(26,27)30-32(21,22)23/h1,5-7,14-16H,2-3H2,(H,18,19)(H,24,25)(H,26,27)(H,12,17,20)(H2,21,22,23)/t5-,6-,7-,11-/m1/s1. The average Bonchev–Trinajstić information content (AvgIpc) is 2.88. The van der Waals surface area contributed by atoms with E-state index in [9.17, 15) is 48.3 Å². The van der Waals surface area contributed by atoms with Gasteiger partial charge in [0.1, 0.15) is 23.9 Å². The van der Waals surface area contributed by atoms with Gasteiger partial charge in [0.2, 0.25) is 5.72 Å². The van der Waals surface area contributed by atoms with Crippen molar-refractivity contribution in [1.82, 2.24) is 9.55 Å². The number of ether oxygens (including phenoxy) is 1. The molecule has 1 aliphatic heterocycles. The first kappa shape index (κ1) is 28.6. The predicted molar refractivity (Wildman–Crippen MR) is 100 cm³/mol. The molecule has 1 aromatic rings. The first-order chi connectivity index (χ1) is 15.3. The Bertz CT molecular complexity index is 1200. The van der Waals surface area contributed by atoms with Crippen molar-refractivity contribution in [3.05, 3.63) is 32.6 Å². The number of aromatic amines is 1. The molecule has 194 valence electrons. The van der Waals surface area contributed by atoms with E-state index < -0.39 is 83.5 Å². The zero-order chi connectivity index (χ0) is 26.3. The SMILES string of the molecule is O=C(O)c1cn([C@]2(CO)O[C@H](COP(=O)(O)OP(=O)(O)OP(=O)(O)O)[C@@H](O)[C@H]2O)c(=O)[nH]c1=O. The molecule has 0 amide bonds. The minimum absolute atomic E-state index is 0.233. The zero-order valence-corrected chi connectivity index (χ0v) is 18.9. The second-order valence-corrected chi connectivity index (χ2v) is 10.9. The Labute approximate surface area is 186 Å². The molecule has 0 aliphatic carbocycles. The van der Waals surface area contributed by atoms with Gasteiger partial charge in [0, 0.05) is 6.20 Å². The van der Waals surface area contributed by atoms with Gasteiger partial charge < -0.3 is 44.7 Å². The molecule has 2 unspecified atom stereocenters. The number of carbonyl (C=O) groups is 1. The van der Waals surface area contributed by atoms with Crippen LogP contribution in [0.4, 0.5) is 0 Å². The molecule has 0 spiro atoms. The largest absolute Gasteiger partial charge is 0.490 e. The van der Waals surface area contributed by atoms with Gasteiger partial charge in [-0.2, -0.15) is 8.62 Å². The van der Waals surface area contributed by atoms with Gasteiger partial charge in [0.05, 0.1) is 13.2 Å². The molecule has 6 atom stereocenters. The van der Waals surface area contributed by atoms with Crippen LogP contribution in [0.5, 0.6) is 0 Å². The number of aromatic nitrogens is 2. The number of hydrogen-bond donors (Lipinski definition) is 9. The summed E-state index contributed by atoms with van der Waals surface area (Å²) >= 11 is 0. The quantitative estimate of drug-likeness (QED) is 0.125. The highest BCUT2D eigenvalue weighted by atomic mass is 31.3. The zero-order valence-electron chi connectivity index (χ0n) is 16.2. The number of phosphoric ester groups is 1. The fourth-order valence-corrected chi connectivity index (χ4v) is 5.82. The van der Waals surface area contributed by atoms with Gasteiger partial charge in [0.15, 0.2) is 0 Å². The van der Waals surface area contributed by atoms with Gasteiger partial charge in [-0.25, -0.2) is 23.3 Å². The van der Waals surface area contributed by atoms with E-state index >= 15 is 0 Å². The van der Waals surface area contributed by atoms with Crippen molar-refractivity contribution in [1.29, 1.82) is 0 Å². The summed E-state index contributed by atoms with van der Waals surface area (Å²) in [6.45, 7) is -2.62. The fourth-order valence-electron chi connectivity index (χ4n) is 2.79. The van der Waals surface area contributed by atoms with Gasteiger partial charge >= 0.3 is 35.1 Å². The first-order valence-corrected chi connectivity index (χ1v) is 12.9. The van der Waals surface area contributed by atoms with Crippen LogP contribution in [-0.2, 0) is 37.3 Å². The van der Waals surface area contributed by atoms with E-state index in [1.165, 1.54) is 0 Å². The third kappa shape index (κ3) is 6.34. The van der Waals surface area contributed by atoms with E-state index in [1.54, 1.807) is 4.98 Å². The van der Waals surface area contributed by atoms with Crippen molar-refractivity contribution in [2.45, 2.75) is 24.0 Å². The summed E-state index contributed by atoms with van der Waals surface area (Å²) in [5.41, 5.74) is -6.44. The van der Waals surface area contributed by atoms with Gasteiger partial charge in [-0.3, -0.25) is 18.9 Å². The maximum atomic E-state index is 12.2. The van der Waals surface area contributed by atoms with Crippen molar-refractivity contribution in [2.75, 3.05) is 13.2 Å². The molecule has 20 nitrogen and oxygen atoms in total. The van der Waals surface area contributed by atoms with Crippen LogP contribution in [0.25, 0.3) is 0 Å². The molecule has 1 saturated heterocycles. The number of nitrogens with zero attached hydrogens (tertiary/aromatic N) is 1. The number of phosphoric acid groups is 3. The molecule has 1 aromatic heterocycles. The molecule has 0 bridgehead atoms. The summed E-state index contributed by atoms with van der Waals surface area (Å²) in [5.74, 6) is -1.82. The van der Waals surface area contributed by atoms with E-state index in [1.807, 2.05) is 0 Å². The van der Waals surface area contributed by atoms with Crippen molar-refractivity contribution in [3.8, 4) is 0 Å². The molecule has 0 aromatic carbocycles. The lowest BCUT2D eigenvalue weighted by atomic mass is 10.0. The number of rotatable bonds is 10. The third-order valence-electron chi connectivity index (χ3n) is 4.15. The van der Waals surface area contributed by atoms with E-state index in [0.717, 1.165) is 0 Å². The minimum Gasteiger partial charge on any atom is -0.477 e. The molecule has 0 radical (unpaired) electrons. The van der Waals surface area contributed by atoms with Crippen LogP contribution < -0.4 is 11.2 Å². The summed E-state index contributed by atoms with van der Waals surface area (Å²) in [6.07, 6.45) is -5.91. The molecule has 0 saturated carbocycles. The van der Waals surface area contributed by atoms with Crippen LogP contribution in [0.3, 0.4) is 0 Å². The van der Waals surface area contributed by atoms with E-state index in [2.05, 4.69) is 13.1 Å². The second-order valence-electron chi connectivity index (χ2n) is 6.46. The summed E-state index contributed by atoms with van der Waals surface area (Å²) < 4.78 is 50.4. The van der Waals surface area contributed by atoms with E-state index in [0.29, 0.717) is 6.20 Å². The topological polar surface area (TPSA) is 322 Å². The van der Waals surface area contributed by atoms with Crippen molar-refractivity contribution in [2.24, 2.45) is 0 Å². The number of hydrogen-bond acceptors (Lipinski definition) is 13. The highest BCUT2D eigenvalue weighted by Gasteiger charge is 2.56. The van der Waals surface area contributed by atoms with Crippen LogP contribution in [0.15, 0.2) is 15.8 Å². The van der Waals surface area contributed by atoms with Crippen LogP contribution in [0.2, 0.25) is 0 Å². The number of H-pyrrole nitrogens is 1. The molecule has 23 heteroatoms. The Balaban J connectivity index is 2.30. The van der Waals surface area contributed by atoms with Gasteiger partial charge in [-0.1, -0.05) is 0 Å². The number of carboxylic acids is 1. The van der Waals surface area contributed by atoms with Gasteiger partial charge in [-0.15, -0.1) is 0 Å². The summed E-state index contributed by atoms with van der Waals surface area (Å²) in [7, 11) is -17.2. The average molecular weight is 558 g/mol. The summed E-state index contributed by atoms with van der Waals surface area (Å²) in [5, 5.41) is 39.3. The van der Waals surface area contributed by atoms with E-state index in [4.69, 9.17) is 24.5 Å². The first-order valence-electron chi connectivity index (χ1n) is 8.37. The summed E-state index contributed by atoms with van der Waals surface area (Å²) in [4.78, 5) is 72.1. The van der Waals surface area contributed by atoms with Crippen molar-refractivity contribution >= 4 is 29.4 Å². The van der Waals surface area contributed by atoms with Gasteiger partial charge in [-0.05, 0) is 0 Å². The smallest absolute Gasteiger partial charge is 0.477 e. The van der Waals surface area contributed by atoms with Crippen LogP contribution >= 0.6 is 23.5 Å². The Morgan fingerprint density at radius 3 is 2.21 bits per heavy atom. The molecule has 2 rings (SSSR count). The van der Waals surface area contributed by atoms with Gasteiger partial charge in [0.25, 0.3) is 5.56 Å². The van der Waals surface area contributed by atoms with Crippen LogP contribution in [0.1, 0.15) is 10.4 Å². The fraction of sp³-hybridized carbons (Fsp3) is 0.545. The molecule has 2 heterocycles. The number of aliphatic hydroxyl groups excluding tert-OH is 3. The lowest BCUT2D eigenvalue weighted by Gasteiger charge is -2.31. The molecular formula is C11H17N2O18P3. The predicted octanol–water partition coefficient (Wildman–Crippen LogP) is -3.66. The number of carboxylic acid groups (broad SMARTS) is 1. The van der Waals surface area contributed by atoms with Crippen molar-refractivity contribution in [3.63, 3.8) is 0 Å². The number of aliphatic hydroxyl groups is 3. The lowest BCUT2D eigenvalue weighted by Crippen LogP contribution is -2.54. The molecule has 34 heavy (non-hydrogen) atoms. The highest BCUT2D eigenvalue weighted by Crippen LogP contribution is 2.66. The van der Waals surface area contributed by atoms with Crippen LogP contribution in [-0.4, -0.2) is 87.0 Å². The lowest BCUT2D eigenvalue weighted by molar-refractivity contribution is -0.173. The molecule has 1 fully saturated rings. The van der Waals surface area contributed by atoms with Crippen LogP contribution in [0, 0.1) is 0 Å². The second kappa shape index (κ2) is 9.81. The monoisotopic (exact) mass is 558 g/mol. The van der Waals surface area contributed by atoms with E-state index in [-0.39, 0.29) is 4.57 Å². The highest BCUT2D eigenvalue weighted by molar-refractivity contribution is 7.66.